The lowest BCUT2D eigenvalue weighted by Crippen LogP contribution is -2.17. The highest BCUT2D eigenvalue weighted by Gasteiger charge is 2.16. The summed E-state index contributed by atoms with van der Waals surface area (Å²) >= 11 is 7.12. The van der Waals surface area contributed by atoms with Gasteiger partial charge in [-0.25, -0.2) is 4.68 Å². The largest absolute Gasteiger partial charge is 0.469 e. The quantitative estimate of drug-likeness (QED) is 0.523. The molecule has 7 nitrogen and oxygen atoms in total. The molecule has 130 valence electrons. The molecule has 0 aliphatic carbocycles. The summed E-state index contributed by atoms with van der Waals surface area (Å²) in [5.41, 5.74) is 2.38. The first kappa shape index (κ1) is 17.4. The monoisotopic (exact) mass is 377 g/mol. The Morgan fingerprint density at radius 2 is 2.16 bits per heavy atom. The second-order valence-corrected chi connectivity index (χ2v) is 6.74. The maximum absolute atomic E-state index is 12.1. The molecule has 3 rings (SSSR count). The van der Waals surface area contributed by atoms with Gasteiger partial charge in [-0.1, -0.05) is 23.4 Å². The van der Waals surface area contributed by atoms with E-state index in [2.05, 4.69) is 15.5 Å². The lowest BCUT2D eigenvalue weighted by atomic mass is 10.2. The van der Waals surface area contributed by atoms with Crippen LogP contribution in [0.5, 0.6) is 0 Å². The number of amides is 1. The van der Waals surface area contributed by atoms with E-state index in [9.17, 15) is 4.79 Å². The van der Waals surface area contributed by atoms with Gasteiger partial charge in [0.05, 0.1) is 17.6 Å². The van der Waals surface area contributed by atoms with Crippen molar-refractivity contribution in [2.75, 3.05) is 16.9 Å². The molecule has 1 aromatic carbocycles. The van der Waals surface area contributed by atoms with Gasteiger partial charge in [0.1, 0.15) is 5.76 Å². The number of aromatic nitrogens is 3. The van der Waals surface area contributed by atoms with Crippen molar-refractivity contribution in [3.05, 3.63) is 46.9 Å². The van der Waals surface area contributed by atoms with Crippen molar-refractivity contribution in [2.45, 2.75) is 19.0 Å². The number of nitrogens with zero attached hydrogens (tertiary/aromatic N) is 3. The molecule has 0 unspecified atom stereocenters. The second-order valence-electron chi connectivity index (χ2n) is 5.36. The fraction of sp³-hybridized carbons (Fsp3) is 0.188. The highest BCUT2D eigenvalue weighted by Crippen LogP contribution is 2.25. The number of thioether (sulfide) groups is 1. The van der Waals surface area contributed by atoms with Crippen LogP contribution < -0.4 is 11.2 Å². The molecule has 0 atom stereocenters. The fourth-order valence-electron chi connectivity index (χ4n) is 2.26. The standard InChI is InChI=1S/C16H16ClN5O2S/c1-9-7-11(17)3-4-13(9)19-14(23)8-25-16-21-20-15(22(16)18)12-5-6-24-10(12)2/h3-7H,8,18H2,1-2H3,(H,19,23). The molecule has 2 heterocycles. The second kappa shape index (κ2) is 7.20. The molecule has 0 bridgehead atoms. The van der Waals surface area contributed by atoms with Crippen LogP contribution in [0.1, 0.15) is 11.3 Å². The first-order valence-corrected chi connectivity index (χ1v) is 8.76. The van der Waals surface area contributed by atoms with Crippen LogP contribution in [0.15, 0.2) is 40.1 Å². The molecule has 0 fully saturated rings. The number of carbonyl (C=O) groups is 1. The number of furan rings is 1. The number of rotatable bonds is 5. The first-order valence-electron chi connectivity index (χ1n) is 7.39. The number of carbonyl (C=O) groups excluding carboxylic acids is 1. The van der Waals surface area contributed by atoms with Crippen molar-refractivity contribution in [2.24, 2.45) is 0 Å². The van der Waals surface area contributed by atoms with Gasteiger partial charge >= 0.3 is 0 Å². The van der Waals surface area contributed by atoms with Gasteiger partial charge < -0.3 is 15.6 Å². The summed E-state index contributed by atoms with van der Waals surface area (Å²) < 4.78 is 6.60. The molecule has 0 spiro atoms. The maximum atomic E-state index is 12.1. The van der Waals surface area contributed by atoms with Crippen molar-refractivity contribution in [1.82, 2.24) is 14.9 Å². The molecular weight excluding hydrogens is 362 g/mol. The minimum atomic E-state index is -0.167. The summed E-state index contributed by atoms with van der Waals surface area (Å²) in [6, 6.07) is 7.06. The van der Waals surface area contributed by atoms with Crippen LogP contribution in [0.25, 0.3) is 11.4 Å². The number of halogens is 1. The number of benzene rings is 1. The summed E-state index contributed by atoms with van der Waals surface area (Å²) in [6.45, 7) is 3.70. The van der Waals surface area contributed by atoms with Crippen molar-refractivity contribution < 1.29 is 9.21 Å². The van der Waals surface area contributed by atoms with E-state index in [1.165, 1.54) is 16.4 Å². The van der Waals surface area contributed by atoms with Crippen LogP contribution in [-0.2, 0) is 4.79 Å². The normalized spacial score (nSPS) is 10.8. The van der Waals surface area contributed by atoms with Crippen LogP contribution in [0.3, 0.4) is 0 Å². The average Bonchev–Trinajstić information content (AvgIpc) is 3.14. The van der Waals surface area contributed by atoms with E-state index >= 15 is 0 Å². The SMILES string of the molecule is Cc1cc(Cl)ccc1NC(=O)CSc1nnc(-c2ccoc2C)n1N. The number of nitrogen functional groups attached to an aromatic ring is 1. The summed E-state index contributed by atoms with van der Waals surface area (Å²) in [4.78, 5) is 12.1. The highest BCUT2D eigenvalue weighted by atomic mass is 35.5. The summed E-state index contributed by atoms with van der Waals surface area (Å²) in [5.74, 6) is 7.20. The zero-order valence-corrected chi connectivity index (χ0v) is 15.2. The number of anilines is 1. The number of aryl methyl sites for hydroxylation is 2. The lowest BCUT2D eigenvalue weighted by Gasteiger charge is -2.08. The van der Waals surface area contributed by atoms with Crippen molar-refractivity contribution in [1.29, 1.82) is 0 Å². The van der Waals surface area contributed by atoms with E-state index in [0.29, 0.717) is 21.8 Å². The van der Waals surface area contributed by atoms with Gasteiger partial charge in [0.2, 0.25) is 11.1 Å². The van der Waals surface area contributed by atoms with Gasteiger partial charge in [0.15, 0.2) is 5.82 Å². The summed E-state index contributed by atoms with van der Waals surface area (Å²) in [5, 5.41) is 12.0. The van der Waals surface area contributed by atoms with Gasteiger partial charge in [0, 0.05) is 10.7 Å². The summed E-state index contributed by atoms with van der Waals surface area (Å²) in [6.07, 6.45) is 1.56. The third-order valence-corrected chi connectivity index (χ3v) is 4.74. The molecular formula is C16H16ClN5O2S. The average molecular weight is 378 g/mol. The third-order valence-electron chi connectivity index (χ3n) is 3.56. The third kappa shape index (κ3) is 3.80. The Hall–Kier alpha value is -2.45. The highest BCUT2D eigenvalue weighted by molar-refractivity contribution is 7.99. The Balaban J connectivity index is 1.65. The van der Waals surface area contributed by atoms with Crippen molar-refractivity contribution in [3.8, 4) is 11.4 Å². The molecule has 0 saturated heterocycles. The number of nitrogens with two attached hydrogens (primary N) is 1. The Kier molecular flexibility index (Phi) is 5.00. The molecule has 9 heteroatoms. The van der Waals surface area contributed by atoms with Crippen LogP contribution in [0.4, 0.5) is 5.69 Å². The lowest BCUT2D eigenvalue weighted by molar-refractivity contribution is -0.113. The molecule has 3 N–H and O–H groups in total. The fourth-order valence-corrected chi connectivity index (χ4v) is 3.14. The zero-order chi connectivity index (χ0) is 18.0. The summed E-state index contributed by atoms with van der Waals surface area (Å²) in [7, 11) is 0. The van der Waals surface area contributed by atoms with E-state index in [-0.39, 0.29) is 11.7 Å². The van der Waals surface area contributed by atoms with Gasteiger partial charge in [-0.05, 0) is 43.7 Å². The Bertz CT molecular complexity index is 921. The van der Waals surface area contributed by atoms with Crippen LogP contribution in [0, 0.1) is 13.8 Å². The number of nitrogens with one attached hydrogen (secondary N) is 1. The molecule has 3 aromatic rings. The van der Waals surface area contributed by atoms with Gasteiger partial charge in [-0.15, -0.1) is 10.2 Å². The minimum Gasteiger partial charge on any atom is -0.469 e. The van der Waals surface area contributed by atoms with Crippen molar-refractivity contribution >= 4 is 35.0 Å². The first-order chi connectivity index (χ1) is 12.0. The number of hydrogen-bond donors (Lipinski definition) is 2. The van der Waals surface area contributed by atoms with E-state index < -0.39 is 0 Å². The smallest absolute Gasteiger partial charge is 0.234 e. The number of hydrogen-bond acceptors (Lipinski definition) is 6. The van der Waals surface area contributed by atoms with Gasteiger partial charge in [-0.2, -0.15) is 0 Å². The molecule has 0 radical (unpaired) electrons. The molecule has 0 aliphatic heterocycles. The van der Waals surface area contributed by atoms with Gasteiger partial charge in [0.25, 0.3) is 0 Å². The van der Waals surface area contributed by atoms with E-state index in [0.717, 1.165) is 16.8 Å². The predicted octanol–water partition coefficient (Wildman–Crippen LogP) is 3.25. The zero-order valence-electron chi connectivity index (χ0n) is 13.6. The van der Waals surface area contributed by atoms with Crippen LogP contribution in [-0.4, -0.2) is 26.5 Å². The maximum Gasteiger partial charge on any atom is 0.234 e. The van der Waals surface area contributed by atoms with Crippen molar-refractivity contribution in [3.63, 3.8) is 0 Å². The van der Waals surface area contributed by atoms with Crippen LogP contribution >= 0.6 is 23.4 Å². The Labute approximate surface area is 153 Å². The molecule has 0 saturated carbocycles. The van der Waals surface area contributed by atoms with Gasteiger partial charge in [-0.3, -0.25) is 4.79 Å². The Morgan fingerprint density at radius 3 is 2.84 bits per heavy atom. The predicted molar refractivity (Wildman–Crippen MR) is 98.2 cm³/mol. The Morgan fingerprint density at radius 1 is 1.36 bits per heavy atom. The molecule has 1 amide bonds. The molecule has 2 aromatic heterocycles. The minimum absolute atomic E-state index is 0.155. The van der Waals surface area contributed by atoms with Crippen LogP contribution in [0.2, 0.25) is 5.02 Å². The van der Waals surface area contributed by atoms with E-state index in [1.807, 2.05) is 13.8 Å². The molecule has 25 heavy (non-hydrogen) atoms. The van der Waals surface area contributed by atoms with E-state index in [4.69, 9.17) is 21.9 Å². The molecule has 0 aliphatic rings. The van der Waals surface area contributed by atoms with E-state index in [1.54, 1.807) is 30.5 Å². The topological polar surface area (TPSA) is 99.0 Å².